The zero-order valence-corrected chi connectivity index (χ0v) is 8.44. The van der Waals surface area contributed by atoms with Crippen molar-refractivity contribution in [1.82, 2.24) is 0 Å². The van der Waals surface area contributed by atoms with Gasteiger partial charge in [-0.3, -0.25) is 4.21 Å². The maximum absolute atomic E-state index is 11.3. The topological polar surface area (TPSA) is 43.1 Å². The van der Waals surface area contributed by atoms with Crippen molar-refractivity contribution in [2.45, 2.75) is 32.1 Å². The summed E-state index contributed by atoms with van der Waals surface area (Å²) in [5, 5.41) is 0. The molecule has 0 spiro atoms. The first-order valence-electron chi connectivity index (χ1n) is 4.88. The lowest BCUT2D eigenvalue weighted by Gasteiger charge is -2.20. The molecule has 1 unspecified atom stereocenters. The van der Waals surface area contributed by atoms with Crippen molar-refractivity contribution in [3.05, 3.63) is 0 Å². The molecular formula is C9H19NOS. The van der Waals surface area contributed by atoms with Crippen LogP contribution < -0.4 is 5.73 Å². The number of nitrogens with two attached hydrogens (primary N) is 1. The van der Waals surface area contributed by atoms with Gasteiger partial charge in [-0.15, -0.1) is 0 Å². The summed E-state index contributed by atoms with van der Waals surface area (Å²) in [7, 11) is -0.643. The first kappa shape index (κ1) is 10.2. The predicted octanol–water partition coefficient (Wildman–Crippen LogP) is 1.27. The van der Waals surface area contributed by atoms with Crippen molar-refractivity contribution >= 4 is 10.8 Å². The summed E-state index contributed by atoms with van der Waals surface area (Å²) in [4.78, 5) is 0. The molecule has 1 fully saturated rings. The van der Waals surface area contributed by atoms with Crippen LogP contribution in [0.15, 0.2) is 0 Å². The molecule has 3 heteroatoms. The molecule has 72 valence electrons. The second-order valence-corrected chi connectivity index (χ2v) is 5.22. The van der Waals surface area contributed by atoms with Crippen molar-refractivity contribution in [2.24, 2.45) is 11.7 Å². The zero-order valence-electron chi connectivity index (χ0n) is 7.63. The van der Waals surface area contributed by atoms with E-state index in [0.29, 0.717) is 12.3 Å². The summed E-state index contributed by atoms with van der Waals surface area (Å²) in [5.74, 6) is 2.32. The van der Waals surface area contributed by atoms with Crippen LogP contribution in [-0.2, 0) is 10.8 Å². The van der Waals surface area contributed by atoms with Crippen LogP contribution in [0.3, 0.4) is 0 Å². The van der Waals surface area contributed by atoms with Gasteiger partial charge >= 0.3 is 0 Å². The van der Waals surface area contributed by atoms with Crippen molar-refractivity contribution in [3.8, 4) is 0 Å². The Morgan fingerprint density at radius 3 is 2.50 bits per heavy atom. The summed E-state index contributed by atoms with van der Waals surface area (Å²) in [5.41, 5.74) is 5.34. The molecule has 1 atom stereocenters. The molecule has 1 rings (SSSR count). The Morgan fingerprint density at radius 1 is 1.25 bits per heavy atom. The Labute approximate surface area is 77.4 Å². The Morgan fingerprint density at radius 2 is 1.92 bits per heavy atom. The molecule has 0 bridgehead atoms. The highest BCUT2D eigenvalue weighted by atomic mass is 32.2. The Bertz CT molecular complexity index is 143. The van der Waals surface area contributed by atoms with E-state index in [1.165, 1.54) is 32.1 Å². The van der Waals surface area contributed by atoms with Crippen molar-refractivity contribution in [2.75, 3.05) is 18.1 Å². The maximum Gasteiger partial charge on any atom is 0.0357 e. The molecular weight excluding hydrogens is 170 g/mol. The summed E-state index contributed by atoms with van der Waals surface area (Å²) in [6.45, 7) is 0.569. The van der Waals surface area contributed by atoms with Gasteiger partial charge in [0.1, 0.15) is 0 Å². The molecule has 2 N–H and O–H groups in total. The van der Waals surface area contributed by atoms with Gasteiger partial charge in [-0.05, 0) is 18.8 Å². The normalized spacial score (nSPS) is 22.4. The molecule has 1 aliphatic rings. The molecule has 0 heterocycles. The van der Waals surface area contributed by atoms with Crippen LogP contribution in [0, 0.1) is 5.92 Å². The quantitative estimate of drug-likeness (QED) is 0.724. The third-order valence-corrected chi connectivity index (χ3v) is 4.03. The summed E-state index contributed by atoms with van der Waals surface area (Å²) < 4.78 is 11.3. The van der Waals surface area contributed by atoms with E-state index in [1.807, 2.05) is 0 Å². The second-order valence-electron chi connectivity index (χ2n) is 3.60. The molecule has 2 nitrogen and oxygen atoms in total. The number of hydrogen-bond donors (Lipinski definition) is 1. The van der Waals surface area contributed by atoms with Crippen LogP contribution in [0.25, 0.3) is 0 Å². The van der Waals surface area contributed by atoms with Crippen LogP contribution >= 0.6 is 0 Å². The van der Waals surface area contributed by atoms with Crippen molar-refractivity contribution < 1.29 is 4.21 Å². The zero-order chi connectivity index (χ0) is 8.81. The third kappa shape index (κ3) is 3.68. The van der Waals surface area contributed by atoms with Gasteiger partial charge < -0.3 is 5.73 Å². The smallest absolute Gasteiger partial charge is 0.0357 e. The van der Waals surface area contributed by atoms with E-state index in [9.17, 15) is 4.21 Å². The predicted molar refractivity (Wildman–Crippen MR) is 53.5 cm³/mol. The number of hydrogen-bond acceptors (Lipinski definition) is 2. The van der Waals surface area contributed by atoms with E-state index >= 15 is 0 Å². The Balaban J connectivity index is 2.15. The monoisotopic (exact) mass is 189 g/mol. The Hall–Kier alpha value is 0.110. The van der Waals surface area contributed by atoms with E-state index in [0.717, 1.165) is 11.7 Å². The Kier molecular flexibility index (Phi) is 4.84. The number of rotatable bonds is 4. The van der Waals surface area contributed by atoms with E-state index in [4.69, 9.17) is 5.73 Å². The van der Waals surface area contributed by atoms with Gasteiger partial charge in [-0.25, -0.2) is 0 Å². The van der Waals surface area contributed by atoms with E-state index < -0.39 is 10.8 Å². The lowest BCUT2D eigenvalue weighted by molar-refractivity contribution is 0.388. The first-order valence-corrected chi connectivity index (χ1v) is 6.37. The van der Waals surface area contributed by atoms with Gasteiger partial charge in [0.15, 0.2) is 0 Å². The highest BCUT2D eigenvalue weighted by molar-refractivity contribution is 7.85. The molecule has 0 aliphatic heterocycles. The molecule has 0 aromatic rings. The molecule has 0 radical (unpaired) electrons. The summed E-state index contributed by atoms with van der Waals surface area (Å²) in [6.07, 6.45) is 6.63. The van der Waals surface area contributed by atoms with E-state index in [1.54, 1.807) is 0 Å². The first-order chi connectivity index (χ1) is 5.83. The van der Waals surface area contributed by atoms with Crippen LogP contribution in [0.5, 0.6) is 0 Å². The lowest BCUT2D eigenvalue weighted by atomic mass is 9.91. The SMILES string of the molecule is NCCS(=O)CC1CCCCC1. The van der Waals surface area contributed by atoms with Gasteiger partial charge in [0.25, 0.3) is 0 Å². The fourth-order valence-corrected chi connectivity index (χ4v) is 3.12. The minimum Gasteiger partial charge on any atom is -0.330 e. The van der Waals surface area contributed by atoms with E-state index in [2.05, 4.69) is 0 Å². The minimum absolute atomic E-state index is 0.569. The highest BCUT2D eigenvalue weighted by Crippen LogP contribution is 2.24. The maximum atomic E-state index is 11.3. The molecule has 1 aliphatic carbocycles. The fourth-order valence-electron chi connectivity index (χ4n) is 1.83. The van der Waals surface area contributed by atoms with Crippen molar-refractivity contribution in [1.29, 1.82) is 0 Å². The molecule has 1 saturated carbocycles. The van der Waals surface area contributed by atoms with Crippen LogP contribution in [0.4, 0.5) is 0 Å². The van der Waals surface area contributed by atoms with Crippen LogP contribution in [0.1, 0.15) is 32.1 Å². The molecule has 0 aromatic heterocycles. The summed E-state index contributed by atoms with van der Waals surface area (Å²) >= 11 is 0. The minimum atomic E-state index is -0.643. The third-order valence-electron chi connectivity index (χ3n) is 2.49. The fraction of sp³-hybridized carbons (Fsp3) is 1.00. The van der Waals surface area contributed by atoms with Gasteiger partial charge in [-0.2, -0.15) is 0 Å². The molecule has 0 aromatic carbocycles. The van der Waals surface area contributed by atoms with Gasteiger partial charge in [0.05, 0.1) is 0 Å². The molecule has 12 heavy (non-hydrogen) atoms. The van der Waals surface area contributed by atoms with E-state index in [-0.39, 0.29) is 0 Å². The molecule has 0 saturated heterocycles. The molecule has 0 amide bonds. The largest absolute Gasteiger partial charge is 0.330 e. The summed E-state index contributed by atoms with van der Waals surface area (Å²) in [6, 6.07) is 0. The second kappa shape index (κ2) is 5.70. The van der Waals surface area contributed by atoms with Gasteiger partial charge in [-0.1, -0.05) is 19.3 Å². The van der Waals surface area contributed by atoms with Gasteiger partial charge in [0.2, 0.25) is 0 Å². The average molecular weight is 189 g/mol. The van der Waals surface area contributed by atoms with Gasteiger partial charge in [0, 0.05) is 28.9 Å². The van der Waals surface area contributed by atoms with Crippen LogP contribution in [-0.4, -0.2) is 22.3 Å². The van der Waals surface area contributed by atoms with Crippen molar-refractivity contribution in [3.63, 3.8) is 0 Å². The van der Waals surface area contributed by atoms with Crippen LogP contribution in [0.2, 0.25) is 0 Å². The lowest BCUT2D eigenvalue weighted by Crippen LogP contribution is -2.19. The standard InChI is InChI=1S/C9H19NOS/c10-6-7-12(11)8-9-4-2-1-3-5-9/h9H,1-8,10H2. The average Bonchev–Trinajstić information content (AvgIpc) is 2.06. The highest BCUT2D eigenvalue weighted by Gasteiger charge is 2.15.